The minimum atomic E-state index is -0.941. The van der Waals surface area contributed by atoms with E-state index in [4.69, 9.17) is 17.3 Å². The summed E-state index contributed by atoms with van der Waals surface area (Å²) in [5.41, 5.74) is 4.82. The molecule has 0 aliphatic heterocycles. The first kappa shape index (κ1) is 18.3. The molecule has 1 amide bonds. The first-order valence-corrected chi connectivity index (χ1v) is 8.67. The van der Waals surface area contributed by atoms with Gasteiger partial charge in [-0.05, 0) is 37.3 Å². The lowest BCUT2D eigenvalue weighted by atomic mass is 10.2. The Morgan fingerprint density at radius 1 is 1.27 bits per heavy atom. The van der Waals surface area contributed by atoms with Gasteiger partial charge in [0, 0.05) is 11.1 Å². The number of aromatic nitrogens is 2. The monoisotopic (exact) mass is 395 g/mol. The Labute approximate surface area is 155 Å². The predicted molar refractivity (Wildman–Crippen MR) is 96.8 cm³/mol. The molecule has 5 nitrogen and oxygen atoms in total. The summed E-state index contributed by atoms with van der Waals surface area (Å²) < 4.78 is 28.6. The summed E-state index contributed by atoms with van der Waals surface area (Å²) in [6.45, 7) is 1.54. The third-order valence-electron chi connectivity index (χ3n) is 3.63. The molecule has 0 aliphatic rings. The van der Waals surface area contributed by atoms with Crippen molar-refractivity contribution >= 4 is 40.2 Å². The van der Waals surface area contributed by atoms with Crippen molar-refractivity contribution in [3.05, 3.63) is 63.4 Å². The summed E-state index contributed by atoms with van der Waals surface area (Å²) in [5.74, 6) is -2.34. The highest BCUT2D eigenvalue weighted by Crippen LogP contribution is 2.27. The Morgan fingerprint density at radius 3 is 2.65 bits per heavy atom. The number of hydrogen-bond donors (Lipinski definition) is 1. The number of nitrogens with zero attached hydrogens (tertiary/aromatic N) is 2. The maximum atomic E-state index is 14.3. The average molecular weight is 396 g/mol. The van der Waals surface area contributed by atoms with Crippen molar-refractivity contribution in [3.63, 3.8) is 0 Å². The molecule has 26 heavy (non-hydrogen) atoms. The van der Waals surface area contributed by atoms with E-state index in [-0.39, 0.29) is 16.2 Å². The molecule has 0 saturated heterocycles. The highest BCUT2D eigenvalue weighted by atomic mass is 35.5. The van der Waals surface area contributed by atoms with Crippen LogP contribution in [0.2, 0.25) is 5.02 Å². The van der Waals surface area contributed by atoms with Gasteiger partial charge < -0.3 is 5.73 Å². The lowest BCUT2D eigenvalue weighted by Crippen LogP contribution is -2.27. The highest BCUT2D eigenvalue weighted by Gasteiger charge is 2.20. The van der Waals surface area contributed by atoms with E-state index in [9.17, 15) is 18.4 Å². The lowest BCUT2D eigenvalue weighted by Gasteiger charge is -2.15. The second kappa shape index (κ2) is 7.05. The molecule has 0 fully saturated rings. The summed E-state index contributed by atoms with van der Waals surface area (Å²) in [6.07, 6.45) is 0. The third-order valence-corrected chi connectivity index (χ3v) is 4.94. The van der Waals surface area contributed by atoms with Gasteiger partial charge in [0.2, 0.25) is 5.91 Å². The second-order valence-electron chi connectivity index (χ2n) is 5.45. The zero-order chi connectivity index (χ0) is 19.0. The third kappa shape index (κ3) is 3.42. The molecule has 9 heteroatoms. The number of rotatable bonds is 4. The minimum absolute atomic E-state index is 0.0571. The van der Waals surface area contributed by atoms with Crippen LogP contribution < -0.4 is 11.3 Å². The number of hydrogen-bond acceptors (Lipinski definition) is 4. The molecule has 0 saturated carbocycles. The fourth-order valence-electron chi connectivity index (χ4n) is 2.31. The van der Waals surface area contributed by atoms with Gasteiger partial charge in [-0.1, -0.05) is 23.4 Å². The Bertz CT molecular complexity index is 1090. The van der Waals surface area contributed by atoms with Gasteiger partial charge in [0.25, 0.3) is 5.56 Å². The van der Waals surface area contributed by atoms with Crippen LogP contribution in [-0.2, 0) is 4.79 Å². The van der Waals surface area contributed by atoms with Gasteiger partial charge in [0.1, 0.15) is 11.6 Å². The molecule has 1 atom stereocenters. The molecular formula is C17H12ClF2N3O2S. The van der Waals surface area contributed by atoms with E-state index in [0.717, 1.165) is 28.5 Å². The van der Waals surface area contributed by atoms with Gasteiger partial charge in [-0.15, -0.1) is 0 Å². The number of carbonyl (C=O) groups is 1. The van der Waals surface area contributed by atoms with Crippen LogP contribution in [0, 0.1) is 11.6 Å². The number of thioether (sulfide) groups is 1. The normalized spacial score (nSPS) is 12.3. The maximum Gasteiger partial charge on any atom is 0.266 e. The Kier molecular flexibility index (Phi) is 4.97. The Balaban J connectivity index is 2.34. The summed E-state index contributed by atoms with van der Waals surface area (Å²) in [4.78, 5) is 28.7. The molecule has 3 aromatic rings. The molecule has 0 aliphatic carbocycles. The van der Waals surface area contributed by atoms with E-state index in [1.807, 2.05) is 0 Å². The molecule has 0 unspecified atom stereocenters. The van der Waals surface area contributed by atoms with E-state index in [2.05, 4.69) is 4.98 Å². The van der Waals surface area contributed by atoms with Gasteiger partial charge in [0.15, 0.2) is 5.16 Å². The molecular weight excluding hydrogens is 384 g/mol. The molecule has 0 spiro atoms. The van der Waals surface area contributed by atoms with Crippen LogP contribution >= 0.6 is 23.4 Å². The Morgan fingerprint density at radius 2 is 2.00 bits per heavy atom. The lowest BCUT2D eigenvalue weighted by molar-refractivity contribution is -0.117. The first-order chi connectivity index (χ1) is 12.3. The van der Waals surface area contributed by atoms with E-state index in [1.165, 1.54) is 13.0 Å². The fourth-order valence-corrected chi connectivity index (χ4v) is 3.35. The van der Waals surface area contributed by atoms with Crippen molar-refractivity contribution in [1.29, 1.82) is 0 Å². The highest BCUT2D eigenvalue weighted by molar-refractivity contribution is 8.00. The van der Waals surface area contributed by atoms with Gasteiger partial charge >= 0.3 is 0 Å². The van der Waals surface area contributed by atoms with Crippen molar-refractivity contribution in [2.24, 2.45) is 5.73 Å². The minimum Gasteiger partial charge on any atom is -0.369 e. The molecule has 2 N–H and O–H groups in total. The van der Waals surface area contributed by atoms with Gasteiger partial charge in [0.05, 0.1) is 21.8 Å². The van der Waals surface area contributed by atoms with Gasteiger partial charge in [-0.25, -0.2) is 13.8 Å². The van der Waals surface area contributed by atoms with Crippen LogP contribution in [0.1, 0.15) is 6.92 Å². The molecule has 0 bridgehead atoms. The number of primary amides is 1. The van der Waals surface area contributed by atoms with Crippen molar-refractivity contribution in [2.45, 2.75) is 17.3 Å². The van der Waals surface area contributed by atoms with Crippen LogP contribution in [0.4, 0.5) is 8.78 Å². The molecule has 3 rings (SSSR count). The summed E-state index contributed by atoms with van der Waals surface area (Å²) >= 11 is 6.84. The van der Waals surface area contributed by atoms with Crippen molar-refractivity contribution in [1.82, 2.24) is 9.55 Å². The summed E-state index contributed by atoms with van der Waals surface area (Å²) in [6, 6.07) is 7.34. The van der Waals surface area contributed by atoms with Crippen LogP contribution in [-0.4, -0.2) is 20.7 Å². The quantitative estimate of drug-likeness (QED) is 0.543. The van der Waals surface area contributed by atoms with Crippen molar-refractivity contribution in [2.75, 3.05) is 0 Å². The zero-order valence-corrected chi connectivity index (χ0v) is 14.9. The maximum absolute atomic E-state index is 14.3. The number of fused-ring (bicyclic) bond motifs is 1. The summed E-state index contributed by atoms with van der Waals surface area (Å²) in [5, 5.41) is -0.186. The second-order valence-corrected chi connectivity index (χ2v) is 7.20. The molecule has 134 valence electrons. The number of amides is 1. The number of carbonyl (C=O) groups excluding carboxylic acids is 1. The van der Waals surface area contributed by atoms with Crippen molar-refractivity contribution in [3.8, 4) is 5.69 Å². The summed E-state index contributed by atoms with van der Waals surface area (Å²) in [7, 11) is 0. The van der Waals surface area contributed by atoms with E-state index >= 15 is 0 Å². The van der Waals surface area contributed by atoms with E-state index < -0.39 is 28.4 Å². The van der Waals surface area contributed by atoms with E-state index in [1.54, 1.807) is 12.1 Å². The van der Waals surface area contributed by atoms with Crippen molar-refractivity contribution < 1.29 is 13.6 Å². The average Bonchev–Trinajstić information content (AvgIpc) is 2.57. The molecule has 1 heterocycles. The largest absolute Gasteiger partial charge is 0.369 e. The van der Waals surface area contributed by atoms with Crippen LogP contribution in [0.3, 0.4) is 0 Å². The number of halogens is 3. The number of nitrogens with two attached hydrogens (primary N) is 1. The van der Waals surface area contributed by atoms with E-state index in [0.29, 0.717) is 16.6 Å². The predicted octanol–water partition coefficient (Wildman–Crippen LogP) is 3.28. The zero-order valence-electron chi connectivity index (χ0n) is 13.4. The van der Waals surface area contributed by atoms with Gasteiger partial charge in [-0.3, -0.25) is 14.2 Å². The molecule has 2 aromatic carbocycles. The van der Waals surface area contributed by atoms with Gasteiger partial charge in [-0.2, -0.15) is 0 Å². The van der Waals surface area contributed by atoms with Crippen LogP contribution in [0.15, 0.2) is 46.3 Å². The fraction of sp³-hybridized carbons (Fsp3) is 0.118. The molecule has 1 aromatic heterocycles. The SMILES string of the molecule is C[C@@H](Sc1nc2ccc(Cl)cc2c(=O)n1-c1ccc(F)cc1F)C(N)=O. The molecule has 0 radical (unpaired) electrons. The number of benzene rings is 2. The topological polar surface area (TPSA) is 78.0 Å². The Hall–Kier alpha value is -2.45. The standard InChI is InChI=1S/C17H12ClF2N3O2S/c1-8(15(21)24)26-17-22-13-4-2-9(18)6-11(13)16(25)23(17)14-5-3-10(19)7-12(14)20/h2-8H,1H3,(H2,21,24)/t8-/m1/s1. The smallest absolute Gasteiger partial charge is 0.266 e. The first-order valence-electron chi connectivity index (χ1n) is 7.41. The van der Waals surface area contributed by atoms with Crippen LogP contribution in [0.5, 0.6) is 0 Å². The van der Waals surface area contributed by atoms with Crippen LogP contribution in [0.25, 0.3) is 16.6 Å².